The second-order valence-corrected chi connectivity index (χ2v) is 15.0. The molecule has 11 rings (SSSR count). The fourth-order valence-corrected chi connectivity index (χ4v) is 9.09. The quantitative estimate of drug-likeness (QED) is 0.172. The summed E-state index contributed by atoms with van der Waals surface area (Å²) in [5.74, 6) is 0. The summed E-state index contributed by atoms with van der Waals surface area (Å²) in [6, 6.07) is 54.0. The third-order valence-electron chi connectivity index (χ3n) is 11.6. The molecule has 5 nitrogen and oxygen atoms in total. The van der Waals surface area contributed by atoms with E-state index in [-0.39, 0.29) is 23.9 Å². The van der Waals surface area contributed by atoms with Crippen LogP contribution in [0.3, 0.4) is 0 Å². The summed E-state index contributed by atoms with van der Waals surface area (Å²) >= 11 is 0. The number of rotatable bonds is 4. The molecule has 1 aliphatic heterocycles. The van der Waals surface area contributed by atoms with Gasteiger partial charge in [-0.05, 0) is 62.7 Å². The monoisotopic (exact) mass is 687 g/mol. The minimum atomic E-state index is -0.240. The molecular weight excluding hydrogens is 651 g/mol. The van der Waals surface area contributed by atoms with Gasteiger partial charge in [-0.3, -0.25) is 16.0 Å². The highest BCUT2D eigenvalue weighted by Gasteiger charge is 2.38. The molecule has 3 unspecified atom stereocenters. The Bertz CT molecular complexity index is 2880. The first-order chi connectivity index (χ1) is 26.0. The standard InChI is InChI=1S/C48H37N3O2/c1-48(2)37-21-8-6-15-31(37)32-26-25-29(27-38(32)48)45-49-46(51-47(50-45)36-20-10-18-34-33-16-7-9-22-39(33)53-44(34)36)35-19-12-24-41-43(35)42-30(17-11-23-40(42)52-41)28-13-4-3-5-14-28/h3-27,45-47,49-51H,1-2H3. The van der Waals surface area contributed by atoms with Gasteiger partial charge in [-0.25, -0.2) is 0 Å². The molecule has 1 fully saturated rings. The molecule has 5 heteroatoms. The SMILES string of the molecule is CC1(C)c2ccccc2-c2ccc(C3NC(c4cccc5c4oc4ccccc45)NC(c4cccc5oc6cccc(-c7ccccc7)c6c45)N3)cc21. The Balaban J connectivity index is 1.09. The van der Waals surface area contributed by atoms with Crippen LogP contribution in [0.1, 0.15) is 60.2 Å². The molecule has 7 aromatic carbocycles. The highest BCUT2D eigenvalue weighted by Crippen LogP contribution is 2.49. The third-order valence-corrected chi connectivity index (χ3v) is 11.6. The first-order valence-electron chi connectivity index (χ1n) is 18.5. The van der Waals surface area contributed by atoms with E-state index in [1.165, 1.54) is 27.8 Å². The highest BCUT2D eigenvalue weighted by molar-refractivity contribution is 6.14. The van der Waals surface area contributed by atoms with Crippen LogP contribution in [0.25, 0.3) is 66.1 Å². The largest absolute Gasteiger partial charge is 0.456 e. The lowest BCUT2D eigenvalue weighted by molar-refractivity contribution is 0.204. The van der Waals surface area contributed by atoms with Gasteiger partial charge in [0.25, 0.3) is 0 Å². The minimum Gasteiger partial charge on any atom is -0.456 e. The average Bonchev–Trinajstić information content (AvgIpc) is 3.86. The van der Waals surface area contributed by atoms with Gasteiger partial charge >= 0.3 is 0 Å². The zero-order chi connectivity index (χ0) is 35.3. The van der Waals surface area contributed by atoms with Crippen molar-refractivity contribution in [3.05, 3.63) is 179 Å². The predicted molar refractivity (Wildman–Crippen MR) is 215 cm³/mol. The summed E-state index contributed by atoms with van der Waals surface area (Å²) in [4.78, 5) is 0. The van der Waals surface area contributed by atoms with Crippen molar-refractivity contribution < 1.29 is 8.83 Å². The minimum absolute atomic E-state index is 0.108. The molecule has 3 heterocycles. The van der Waals surface area contributed by atoms with E-state index in [9.17, 15) is 0 Å². The zero-order valence-corrected chi connectivity index (χ0v) is 29.5. The maximum absolute atomic E-state index is 6.61. The normalized spacial score (nSPS) is 19.2. The summed E-state index contributed by atoms with van der Waals surface area (Å²) in [6.07, 6.45) is -0.661. The molecule has 3 atom stereocenters. The summed E-state index contributed by atoms with van der Waals surface area (Å²) in [5.41, 5.74) is 14.5. The number of hydrogen-bond donors (Lipinski definition) is 3. The number of fused-ring (bicyclic) bond motifs is 9. The molecule has 256 valence electrons. The Morgan fingerprint density at radius 1 is 0.453 bits per heavy atom. The fourth-order valence-electron chi connectivity index (χ4n) is 9.09. The molecule has 0 bridgehead atoms. The van der Waals surface area contributed by atoms with Crippen LogP contribution in [-0.4, -0.2) is 0 Å². The van der Waals surface area contributed by atoms with Crippen LogP contribution in [0.5, 0.6) is 0 Å². The lowest BCUT2D eigenvalue weighted by Crippen LogP contribution is -2.54. The Morgan fingerprint density at radius 3 is 1.96 bits per heavy atom. The summed E-state index contributed by atoms with van der Waals surface area (Å²) in [7, 11) is 0. The van der Waals surface area contributed by atoms with E-state index >= 15 is 0 Å². The smallest absolute Gasteiger partial charge is 0.141 e. The molecule has 0 radical (unpaired) electrons. The average molecular weight is 688 g/mol. The van der Waals surface area contributed by atoms with Gasteiger partial charge in [0.1, 0.15) is 22.3 Å². The van der Waals surface area contributed by atoms with Gasteiger partial charge in [-0.1, -0.05) is 147 Å². The van der Waals surface area contributed by atoms with E-state index in [1.807, 2.05) is 12.1 Å². The Hall–Kier alpha value is -5.98. The molecule has 53 heavy (non-hydrogen) atoms. The van der Waals surface area contributed by atoms with Crippen molar-refractivity contribution in [2.45, 2.75) is 37.8 Å². The van der Waals surface area contributed by atoms with E-state index < -0.39 is 0 Å². The molecule has 9 aromatic rings. The number of hydrogen-bond acceptors (Lipinski definition) is 5. The third kappa shape index (κ3) is 4.61. The fraction of sp³-hybridized carbons (Fsp3) is 0.125. The Labute approximate surface area is 307 Å². The summed E-state index contributed by atoms with van der Waals surface area (Å²) < 4.78 is 13.2. The van der Waals surface area contributed by atoms with E-state index in [2.05, 4.69) is 169 Å². The van der Waals surface area contributed by atoms with Gasteiger partial charge in [0.15, 0.2) is 0 Å². The van der Waals surface area contributed by atoms with Crippen molar-refractivity contribution in [3.8, 4) is 22.3 Å². The van der Waals surface area contributed by atoms with Crippen LogP contribution in [-0.2, 0) is 5.41 Å². The van der Waals surface area contributed by atoms with Crippen molar-refractivity contribution in [3.63, 3.8) is 0 Å². The predicted octanol–water partition coefficient (Wildman–Crippen LogP) is 11.6. The van der Waals surface area contributed by atoms with Crippen LogP contribution in [0, 0.1) is 0 Å². The number of benzene rings is 7. The number of para-hydroxylation sites is 2. The second kappa shape index (κ2) is 11.5. The molecule has 0 saturated carbocycles. The number of furan rings is 2. The van der Waals surface area contributed by atoms with Crippen molar-refractivity contribution in [2.24, 2.45) is 0 Å². The van der Waals surface area contributed by atoms with Gasteiger partial charge in [0.2, 0.25) is 0 Å². The molecule has 3 N–H and O–H groups in total. The Kier molecular flexibility index (Phi) is 6.65. The van der Waals surface area contributed by atoms with E-state index in [4.69, 9.17) is 8.83 Å². The van der Waals surface area contributed by atoms with Crippen LogP contribution in [0.4, 0.5) is 0 Å². The van der Waals surface area contributed by atoms with Crippen molar-refractivity contribution in [1.82, 2.24) is 16.0 Å². The molecule has 0 spiro atoms. The molecule has 2 aromatic heterocycles. The second-order valence-electron chi connectivity index (χ2n) is 15.0. The van der Waals surface area contributed by atoms with Crippen LogP contribution in [0.15, 0.2) is 160 Å². The highest BCUT2D eigenvalue weighted by atomic mass is 16.3. The topological polar surface area (TPSA) is 62.4 Å². The van der Waals surface area contributed by atoms with E-state index in [1.54, 1.807) is 0 Å². The maximum Gasteiger partial charge on any atom is 0.141 e. The molecule has 0 amide bonds. The molecular formula is C48H37N3O2. The van der Waals surface area contributed by atoms with Gasteiger partial charge in [0.05, 0.1) is 18.5 Å². The lowest BCUT2D eigenvalue weighted by atomic mass is 9.82. The zero-order valence-electron chi connectivity index (χ0n) is 29.5. The van der Waals surface area contributed by atoms with Crippen molar-refractivity contribution in [2.75, 3.05) is 0 Å². The van der Waals surface area contributed by atoms with Crippen LogP contribution in [0.2, 0.25) is 0 Å². The molecule has 1 aliphatic carbocycles. The summed E-state index contributed by atoms with van der Waals surface area (Å²) in [6.45, 7) is 4.68. The van der Waals surface area contributed by atoms with Gasteiger partial charge in [-0.2, -0.15) is 0 Å². The van der Waals surface area contributed by atoms with Crippen LogP contribution >= 0.6 is 0 Å². The van der Waals surface area contributed by atoms with E-state index in [0.717, 1.165) is 66.1 Å². The first kappa shape index (κ1) is 30.6. The molecule has 1 saturated heterocycles. The van der Waals surface area contributed by atoms with Gasteiger partial charge in [0, 0.05) is 32.5 Å². The van der Waals surface area contributed by atoms with E-state index in [0.29, 0.717) is 0 Å². The summed E-state index contributed by atoms with van der Waals surface area (Å²) in [5, 5.41) is 16.4. The van der Waals surface area contributed by atoms with Crippen molar-refractivity contribution >= 4 is 43.9 Å². The Morgan fingerprint density at radius 2 is 1.08 bits per heavy atom. The molecule has 2 aliphatic rings. The van der Waals surface area contributed by atoms with Gasteiger partial charge in [-0.15, -0.1) is 0 Å². The van der Waals surface area contributed by atoms with Crippen molar-refractivity contribution in [1.29, 1.82) is 0 Å². The lowest BCUT2D eigenvalue weighted by Gasteiger charge is -2.40. The maximum atomic E-state index is 6.61. The van der Waals surface area contributed by atoms with Crippen LogP contribution < -0.4 is 16.0 Å². The number of nitrogens with one attached hydrogen (secondary N) is 3. The van der Waals surface area contributed by atoms with Gasteiger partial charge < -0.3 is 8.83 Å². The first-order valence-corrected chi connectivity index (χ1v) is 18.5.